The van der Waals surface area contributed by atoms with Gasteiger partial charge in [-0.1, -0.05) is 0 Å². The van der Waals surface area contributed by atoms with Crippen molar-refractivity contribution in [1.29, 1.82) is 0 Å². The SMILES string of the molecule is CC1CC(N)CCN1C(=O)c1ccc(F)cc1I. The van der Waals surface area contributed by atoms with E-state index in [2.05, 4.69) is 0 Å². The molecule has 0 bridgehead atoms. The zero-order valence-electron chi connectivity index (χ0n) is 10.2. The van der Waals surface area contributed by atoms with E-state index < -0.39 is 0 Å². The molecule has 0 saturated carbocycles. The van der Waals surface area contributed by atoms with Crippen molar-refractivity contribution < 1.29 is 9.18 Å². The van der Waals surface area contributed by atoms with Crippen molar-refractivity contribution in [3.05, 3.63) is 33.1 Å². The lowest BCUT2D eigenvalue weighted by atomic mass is 9.98. The third-order valence-electron chi connectivity index (χ3n) is 3.34. The Labute approximate surface area is 120 Å². The molecule has 1 saturated heterocycles. The maximum atomic E-state index is 13.0. The summed E-state index contributed by atoms with van der Waals surface area (Å²) in [6.45, 7) is 2.68. The molecule has 1 amide bonds. The average Bonchev–Trinajstić information content (AvgIpc) is 2.28. The van der Waals surface area contributed by atoms with Gasteiger partial charge in [0, 0.05) is 22.2 Å². The van der Waals surface area contributed by atoms with Crippen molar-refractivity contribution in [2.45, 2.75) is 31.8 Å². The molecule has 5 heteroatoms. The van der Waals surface area contributed by atoms with E-state index >= 15 is 0 Å². The molecule has 1 aliphatic rings. The van der Waals surface area contributed by atoms with E-state index in [4.69, 9.17) is 5.73 Å². The second-order valence-corrected chi connectivity index (χ2v) is 5.92. The normalized spacial score (nSPS) is 24.1. The monoisotopic (exact) mass is 362 g/mol. The van der Waals surface area contributed by atoms with Crippen LogP contribution < -0.4 is 5.73 Å². The fourth-order valence-corrected chi connectivity index (χ4v) is 3.04. The largest absolute Gasteiger partial charge is 0.336 e. The Kier molecular flexibility index (Phi) is 4.21. The Morgan fingerprint density at radius 1 is 1.56 bits per heavy atom. The summed E-state index contributed by atoms with van der Waals surface area (Å²) in [5.74, 6) is -0.344. The third-order valence-corrected chi connectivity index (χ3v) is 4.23. The maximum Gasteiger partial charge on any atom is 0.255 e. The highest BCUT2D eigenvalue weighted by Gasteiger charge is 2.28. The van der Waals surface area contributed by atoms with Crippen LogP contribution in [0.4, 0.5) is 4.39 Å². The van der Waals surface area contributed by atoms with Crippen LogP contribution in [0.3, 0.4) is 0 Å². The molecule has 1 fully saturated rings. The number of likely N-dealkylation sites (tertiary alicyclic amines) is 1. The summed E-state index contributed by atoms with van der Waals surface area (Å²) < 4.78 is 13.7. The molecule has 2 atom stereocenters. The molecule has 2 rings (SSSR count). The van der Waals surface area contributed by atoms with Crippen LogP contribution in [-0.2, 0) is 0 Å². The van der Waals surface area contributed by atoms with Crippen molar-refractivity contribution >= 4 is 28.5 Å². The Morgan fingerprint density at radius 2 is 2.28 bits per heavy atom. The predicted molar refractivity (Wildman–Crippen MR) is 76.8 cm³/mol. The zero-order chi connectivity index (χ0) is 13.3. The lowest BCUT2D eigenvalue weighted by Gasteiger charge is -2.36. The van der Waals surface area contributed by atoms with E-state index in [0.717, 1.165) is 12.8 Å². The number of benzene rings is 1. The molecule has 1 aromatic carbocycles. The Hall–Kier alpha value is -0.690. The van der Waals surface area contributed by atoms with Crippen LogP contribution in [0, 0.1) is 9.39 Å². The first-order valence-electron chi connectivity index (χ1n) is 6.00. The first-order chi connectivity index (χ1) is 8.49. The molecule has 2 unspecified atom stereocenters. The summed E-state index contributed by atoms with van der Waals surface area (Å²) >= 11 is 2.00. The summed E-state index contributed by atoms with van der Waals surface area (Å²) in [6.07, 6.45) is 1.65. The van der Waals surface area contributed by atoms with Gasteiger partial charge in [-0.05, 0) is 60.6 Å². The van der Waals surface area contributed by atoms with Gasteiger partial charge < -0.3 is 10.6 Å². The van der Waals surface area contributed by atoms with Gasteiger partial charge in [-0.25, -0.2) is 4.39 Å². The van der Waals surface area contributed by atoms with Crippen molar-refractivity contribution in [2.75, 3.05) is 6.54 Å². The van der Waals surface area contributed by atoms with Gasteiger partial charge in [-0.15, -0.1) is 0 Å². The number of halogens is 2. The minimum atomic E-state index is -0.315. The summed E-state index contributed by atoms with van der Waals surface area (Å²) in [4.78, 5) is 14.2. The Morgan fingerprint density at radius 3 is 2.89 bits per heavy atom. The fourth-order valence-electron chi connectivity index (χ4n) is 2.33. The lowest BCUT2D eigenvalue weighted by Crippen LogP contribution is -2.48. The molecular weight excluding hydrogens is 346 g/mol. The third kappa shape index (κ3) is 2.83. The number of hydrogen-bond donors (Lipinski definition) is 1. The molecule has 1 aliphatic heterocycles. The van der Waals surface area contributed by atoms with Gasteiger partial charge in [0.2, 0.25) is 0 Å². The molecular formula is C13H16FIN2O. The van der Waals surface area contributed by atoms with Crippen molar-refractivity contribution in [2.24, 2.45) is 5.73 Å². The Bertz CT molecular complexity index is 466. The van der Waals surface area contributed by atoms with E-state index in [0.29, 0.717) is 15.7 Å². The molecule has 3 nitrogen and oxygen atoms in total. The van der Waals surface area contributed by atoms with Crippen LogP contribution in [0.2, 0.25) is 0 Å². The first-order valence-corrected chi connectivity index (χ1v) is 7.08. The van der Waals surface area contributed by atoms with Crippen LogP contribution >= 0.6 is 22.6 Å². The lowest BCUT2D eigenvalue weighted by molar-refractivity contribution is 0.0618. The highest BCUT2D eigenvalue weighted by Crippen LogP contribution is 2.22. The van der Waals surface area contributed by atoms with Crippen LogP contribution in [0.25, 0.3) is 0 Å². The molecule has 0 spiro atoms. The van der Waals surface area contributed by atoms with E-state index in [9.17, 15) is 9.18 Å². The number of nitrogens with two attached hydrogens (primary N) is 1. The zero-order valence-corrected chi connectivity index (χ0v) is 12.4. The molecule has 0 aliphatic carbocycles. The highest BCUT2D eigenvalue weighted by molar-refractivity contribution is 14.1. The van der Waals surface area contributed by atoms with E-state index in [-0.39, 0.29) is 23.8 Å². The van der Waals surface area contributed by atoms with E-state index in [1.807, 2.05) is 34.4 Å². The van der Waals surface area contributed by atoms with Gasteiger partial charge in [0.05, 0.1) is 5.56 Å². The maximum absolute atomic E-state index is 13.0. The standard InChI is InChI=1S/C13H16FIN2O/c1-8-6-10(16)4-5-17(8)13(18)11-3-2-9(14)7-12(11)15/h2-3,7-8,10H,4-6,16H2,1H3. The molecule has 18 heavy (non-hydrogen) atoms. The predicted octanol–water partition coefficient (Wildman–Crippen LogP) is 2.38. The Balaban J connectivity index is 2.20. The van der Waals surface area contributed by atoms with Gasteiger partial charge >= 0.3 is 0 Å². The molecule has 98 valence electrons. The quantitative estimate of drug-likeness (QED) is 0.780. The van der Waals surface area contributed by atoms with Crippen molar-refractivity contribution in [1.82, 2.24) is 4.90 Å². The summed E-state index contributed by atoms with van der Waals surface area (Å²) in [7, 11) is 0. The first kappa shape index (κ1) is 13.7. The molecule has 0 radical (unpaired) electrons. The second kappa shape index (κ2) is 5.52. The summed E-state index contributed by atoms with van der Waals surface area (Å²) in [6, 6.07) is 4.59. The smallest absolute Gasteiger partial charge is 0.255 e. The number of piperidine rings is 1. The van der Waals surface area contributed by atoms with Gasteiger partial charge in [-0.3, -0.25) is 4.79 Å². The summed E-state index contributed by atoms with van der Waals surface area (Å²) in [5.41, 5.74) is 6.46. The van der Waals surface area contributed by atoms with Crippen molar-refractivity contribution in [3.8, 4) is 0 Å². The number of carbonyl (C=O) groups is 1. The number of nitrogens with zero attached hydrogens (tertiary/aromatic N) is 1. The molecule has 1 aromatic rings. The number of carbonyl (C=O) groups excluding carboxylic acids is 1. The second-order valence-electron chi connectivity index (χ2n) is 4.76. The average molecular weight is 362 g/mol. The fraction of sp³-hybridized carbons (Fsp3) is 0.462. The number of hydrogen-bond acceptors (Lipinski definition) is 2. The molecule has 1 heterocycles. The van der Waals surface area contributed by atoms with E-state index in [1.165, 1.54) is 12.1 Å². The van der Waals surface area contributed by atoms with Gasteiger partial charge in [-0.2, -0.15) is 0 Å². The van der Waals surface area contributed by atoms with Crippen LogP contribution in [0.5, 0.6) is 0 Å². The van der Waals surface area contributed by atoms with Gasteiger partial charge in [0.1, 0.15) is 5.82 Å². The topological polar surface area (TPSA) is 46.3 Å². The highest BCUT2D eigenvalue weighted by atomic mass is 127. The van der Waals surface area contributed by atoms with E-state index in [1.54, 1.807) is 6.07 Å². The van der Waals surface area contributed by atoms with Gasteiger partial charge in [0.15, 0.2) is 0 Å². The molecule has 2 N–H and O–H groups in total. The summed E-state index contributed by atoms with van der Waals surface area (Å²) in [5, 5.41) is 0. The minimum Gasteiger partial charge on any atom is -0.336 e. The number of rotatable bonds is 1. The van der Waals surface area contributed by atoms with Gasteiger partial charge in [0.25, 0.3) is 5.91 Å². The minimum absolute atomic E-state index is 0.0289. The van der Waals surface area contributed by atoms with Crippen LogP contribution in [0.15, 0.2) is 18.2 Å². The van der Waals surface area contributed by atoms with Crippen LogP contribution in [0.1, 0.15) is 30.1 Å². The van der Waals surface area contributed by atoms with Crippen molar-refractivity contribution in [3.63, 3.8) is 0 Å². The van der Waals surface area contributed by atoms with Crippen LogP contribution in [-0.4, -0.2) is 29.4 Å². The number of amides is 1. The molecule has 0 aromatic heterocycles.